The zero-order valence-electron chi connectivity index (χ0n) is 5.36. The lowest BCUT2D eigenvalue weighted by Gasteiger charge is -1.87. The SMILES string of the molecule is CCP=C(C)CC. The summed E-state index contributed by atoms with van der Waals surface area (Å²) < 4.78 is 0. The molecule has 0 nitrogen and oxygen atoms in total. The van der Waals surface area contributed by atoms with Gasteiger partial charge >= 0.3 is 0 Å². The van der Waals surface area contributed by atoms with Gasteiger partial charge in [-0.2, -0.15) is 0 Å². The maximum absolute atomic E-state index is 2.21. The number of rotatable bonds is 2. The van der Waals surface area contributed by atoms with Crippen LogP contribution in [-0.4, -0.2) is 11.5 Å². The molecule has 7 heavy (non-hydrogen) atoms. The van der Waals surface area contributed by atoms with Crippen LogP contribution in [0.15, 0.2) is 0 Å². The van der Waals surface area contributed by atoms with Gasteiger partial charge in [-0.1, -0.05) is 19.1 Å². The summed E-state index contributed by atoms with van der Waals surface area (Å²) in [5.41, 5.74) is 0. The quantitative estimate of drug-likeness (QED) is 0.486. The predicted molar refractivity (Wildman–Crippen MR) is 38.4 cm³/mol. The van der Waals surface area contributed by atoms with Gasteiger partial charge in [-0.15, -0.1) is 8.20 Å². The molecule has 0 heterocycles. The molecule has 0 aliphatic carbocycles. The van der Waals surface area contributed by atoms with Gasteiger partial charge in [-0.25, -0.2) is 0 Å². The van der Waals surface area contributed by atoms with Gasteiger partial charge in [0.15, 0.2) is 0 Å². The first-order valence-electron chi connectivity index (χ1n) is 2.81. The third kappa shape index (κ3) is 4.01. The maximum atomic E-state index is 2.21. The molecule has 0 aromatic heterocycles. The lowest BCUT2D eigenvalue weighted by atomic mass is 10.4. The van der Waals surface area contributed by atoms with Crippen molar-refractivity contribution in [2.45, 2.75) is 27.2 Å². The first-order chi connectivity index (χ1) is 3.31. The highest BCUT2D eigenvalue weighted by molar-refractivity contribution is 7.40. The van der Waals surface area contributed by atoms with Crippen molar-refractivity contribution in [3.8, 4) is 0 Å². The molecule has 42 valence electrons. The Morgan fingerprint density at radius 3 is 2.14 bits per heavy atom. The molecular weight excluding hydrogens is 103 g/mol. The van der Waals surface area contributed by atoms with Crippen LogP contribution in [0.3, 0.4) is 0 Å². The summed E-state index contributed by atoms with van der Waals surface area (Å²) in [6.07, 6.45) is 2.52. The summed E-state index contributed by atoms with van der Waals surface area (Å²) in [6, 6.07) is 0. The van der Waals surface area contributed by atoms with E-state index >= 15 is 0 Å². The third-order valence-corrected chi connectivity index (χ3v) is 2.11. The van der Waals surface area contributed by atoms with Crippen LogP contribution < -0.4 is 0 Å². The fourth-order valence-electron chi connectivity index (χ4n) is 0.382. The summed E-state index contributed by atoms with van der Waals surface area (Å²) in [5.74, 6) is 0. The van der Waals surface area contributed by atoms with Gasteiger partial charge in [0.25, 0.3) is 0 Å². The van der Waals surface area contributed by atoms with E-state index in [4.69, 9.17) is 0 Å². The highest BCUT2D eigenvalue weighted by Crippen LogP contribution is 1.99. The van der Waals surface area contributed by atoms with Crippen molar-refractivity contribution in [1.82, 2.24) is 0 Å². The van der Waals surface area contributed by atoms with Crippen LogP contribution in [0.1, 0.15) is 27.2 Å². The summed E-state index contributed by atoms with van der Waals surface area (Å²) >= 11 is 0. The fourth-order valence-corrected chi connectivity index (χ4v) is 1.15. The molecule has 0 amide bonds. The maximum Gasteiger partial charge on any atom is -0.0135 e. The van der Waals surface area contributed by atoms with E-state index in [1.165, 1.54) is 20.8 Å². The Bertz CT molecular complexity index is 64.6. The molecule has 1 heteroatoms. The van der Waals surface area contributed by atoms with Crippen LogP contribution in [0.4, 0.5) is 0 Å². The highest BCUT2D eigenvalue weighted by Gasteiger charge is 1.77. The van der Waals surface area contributed by atoms with Crippen molar-refractivity contribution in [2.24, 2.45) is 0 Å². The van der Waals surface area contributed by atoms with E-state index in [1.807, 2.05) is 0 Å². The second kappa shape index (κ2) is 4.33. The van der Waals surface area contributed by atoms with Gasteiger partial charge in [0.1, 0.15) is 0 Å². The van der Waals surface area contributed by atoms with Gasteiger partial charge < -0.3 is 0 Å². The second-order valence-corrected chi connectivity index (χ2v) is 3.28. The average Bonchev–Trinajstić information content (AvgIpc) is 1.68. The van der Waals surface area contributed by atoms with Crippen LogP contribution in [0.5, 0.6) is 0 Å². The molecule has 0 radical (unpaired) electrons. The molecule has 0 saturated carbocycles. The van der Waals surface area contributed by atoms with Crippen molar-refractivity contribution in [3.05, 3.63) is 0 Å². The van der Waals surface area contributed by atoms with Gasteiger partial charge in [-0.05, 0) is 19.5 Å². The van der Waals surface area contributed by atoms with E-state index in [1.54, 1.807) is 5.29 Å². The van der Waals surface area contributed by atoms with Crippen LogP contribution in [0, 0.1) is 0 Å². The fraction of sp³-hybridized carbons (Fsp3) is 0.833. The molecule has 0 unspecified atom stereocenters. The van der Waals surface area contributed by atoms with E-state index in [-0.39, 0.29) is 0 Å². The van der Waals surface area contributed by atoms with E-state index in [2.05, 4.69) is 20.8 Å². The molecule has 0 aromatic carbocycles. The molecule has 0 aliphatic rings. The molecule has 0 N–H and O–H groups in total. The van der Waals surface area contributed by atoms with Crippen molar-refractivity contribution in [2.75, 3.05) is 6.16 Å². The predicted octanol–water partition coefficient (Wildman–Crippen LogP) is 2.55. The Kier molecular flexibility index (Phi) is 4.44. The minimum Gasteiger partial charge on any atom is -0.106 e. The third-order valence-electron chi connectivity index (χ3n) is 0.940. The summed E-state index contributed by atoms with van der Waals surface area (Å²) in [6.45, 7) is 6.63. The Morgan fingerprint density at radius 2 is 2.00 bits per heavy atom. The number of hydrogen-bond donors (Lipinski definition) is 0. The highest BCUT2D eigenvalue weighted by atomic mass is 31.1. The van der Waals surface area contributed by atoms with Gasteiger partial charge in [0.05, 0.1) is 0 Å². The second-order valence-electron chi connectivity index (χ2n) is 1.56. The van der Waals surface area contributed by atoms with Crippen molar-refractivity contribution in [3.63, 3.8) is 0 Å². The Balaban J connectivity index is 3.29. The van der Waals surface area contributed by atoms with Gasteiger partial charge in [0.2, 0.25) is 0 Å². The molecule has 0 spiro atoms. The number of hydrogen-bond acceptors (Lipinski definition) is 0. The van der Waals surface area contributed by atoms with E-state index in [9.17, 15) is 0 Å². The first kappa shape index (κ1) is 7.17. The molecule has 0 fully saturated rings. The molecule has 0 atom stereocenters. The minimum absolute atomic E-state index is 1.25. The first-order valence-corrected chi connectivity index (χ1v) is 3.89. The standard InChI is InChI=1S/C6H13P/c1-4-6(3)7-5-2/h4-5H2,1-3H3. The normalized spacial score (nSPS) is 12.1. The zero-order chi connectivity index (χ0) is 5.70. The van der Waals surface area contributed by atoms with Crippen LogP contribution in [0.2, 0.25) is 0 Å². The largest absolute Gasteiger partial charge is 0.106 e. The Labute approximate surface area is 47.7 Å². The minimum atomic E-state index is 1.25. The molecule has 0 aromatic rings. The van der Waals surface area contributed by atoms with Crippen molar-refractivity contribution >= 4 is 13.5 Å². The van der Waals surface area contributed by atoms with E-state index < -0.39 is 0 Å². The van der Waals surface area contributed by atoms with Crippen LogP contribution >= 0.6 is 8.20 Å². The molecule has 0 bridgehead atoms. The van der Waals surface area contributed by atoms with E-state index in [0.717, 1.165) is 0 Å². The Hall–Kier alpha value is 0.170. The smallest absolute Gasteiger partial charge is 0.0135 e. The molecule has 0 rings (SSSR count). The topological polar surface area (TPSA) is 0 Å². The molecular formula is C6H13P. The molecule has 0 aliphatic heterocycles. The van der Waals surface area contributed by atoms with Gasteiger partial charge in [-0.3, -0.25) is 0 Å². The van der Waals surface area contributed by atoms with Crippen molar-refractivity contribution < 1.29 is 0 Å². The summed E-state index contributed by atoms with van der Waals surface area (Å²) in [5, 5.41) is 1.60. The monoisotopic (exact) mass is 116 g/mol. The van der Waals surface area contributed by atoms with Gasteiger partial charge in [0, 0.05) is 0 Å². The van der Waals surface area contributed by atoms with E-state index in [0.29, 0.717) is 0 Å². The zero-order valence-corrected chi connectivity index (χ0v) is 6.26. The Morgan fingerprint density at radius 1 is 1.43 bits per heavy atom. The van der Waals surface area contributed by atoms with Crippen molar-refractivity contribution in [1.29, 1.82) is 0 Å². The van der Waals surface area contributed by atoms with Crippen LogP contribution in [-0.2, 0) is 0 Å². The summed E-state index contributed by atoms with van der Waals surface area (Å²) in [4.78, 5) is 0. The lowest BCUT2D eigenvalue weighted by Crippen LogP contribution is -1.79. The summed E-state index contributed by atoms with van der Waals surface area (Å²) in [7, 11) is 1.53. The average molecular weight is 116 g/mol. The lowest BCUT2D eigenvalue weighted by molar-refractivity contribution is 1.30. The van der Waals surface area contributed by atoms with Crippen LogP contribution in [0.25, 0.3) is 0 Å². The molecule has 0 saturated heterocycles.